The largest absolute Gasteiger partial charge is 0.497 e. The molecule has 4 rings (SSSR count). The molecular formula is C25H25N3O4. The number of benzene rings is 2. The topological polar surface area (TPSA) is 81.6 Å². The molecule has 1 aromatic heterocycles. The molecule has 0 bridgehead atoms. The fraction of sp³-hybridized carbons (Fsp3) is 0.280. The quantitative estimate of drug-likeness (QED) is 0.553. The number of amides is 1. The maximum absolute atomic E-state index is 13.1. The van der Waals surface area contributed by atoms with E-state index in [0.29, 0.717) is 41.3 Å². The molecule has 32 heavy (non-hydrogen) atoms. The second kappa shape index (κ2) is 9.60. The van der Waals surface area contributed by atoms with Gasteiger partial charge >= 0.3 is 0 Å². The fourth-order valence-electron chi connectivity index (χ4n) is 4.04. The van der Waals surface area contributed by atoms with E-state index < -0.39 is 0 Å². The minimum atomic E-state index is -0.193. The number of hydrogen-bond donors (Lipinski definition) is 0. The number of aromatic nitrogens is 2. The first kappa shape index (κ1) is 21.5. The molecular weight excluding hydrogens is 406 g/mol. The fourth-order valence-corrected chi connectivity index (χ4v) is 4.04. The molecule has 0 radical (unpaired) electrons. The summed E-state index contributed by atoms with van der Waals surface area (Å²) in [6, 6.07) is 13.8. The molecule has 0 aliphatic carbocycles. The molecule has 0 N–H and O–H groups in total. The monoisotopic (exact) mass is 431 g/mol. The van der Waals surface area contributed by atoms with E-state index in [1.54, 1.807) is 62.1 Å². The van der Waals surface area contributed by atoms with Crippen molar-refractivity contribution in [3.8, 4) is 11.5 Å². The summed E-state index contributed by atoms with van der Waals surface area (Å²) in [6.45, 7) is 1.33. The Morgan fingerprint density at radius 1 is 1.00 bits per heavy atom. The minimum Gasteiger partial charge on any atom is -0.497 e. The average molecular weight is 431 g/mol. The van der Waals surface area contributed by atoms with Crippen molar-refractivity contribution in [1.29, 1.82) is 0 Å². The van der Waals surface area contributed by atoms with E-state index in [9.17, 15) is 9.59 Å². The van der Waals surface area contributed by atoms with Gasteiger partial charge in [0.1, 0.15) is 17.8 Å². The zero-order valence-electron chi connectivity index (χ0n) is 18.2. The molecule has 2 heterocycles. The lowest BCUT2D eigenvalue weighted by molar-refractivity contribution is 0.0705. The lowest BCUT2D eigenvalue weighted by Gasteiger charge is -2.32. The van der Waals surface area contributed by atoms with Gasteiger partial charge in [-0.25, -0.2) is 9.97 Å². The van der Waals surface area contributed by atoms with Crippen LogP contribution in [-0.2, 0) is 0 Å². The number of ether oxygens (including phenoxy) is 2. The molecule has 7 nitrogen and oxygen atoms in total. The van der Waals surface area contributed by atoms with Crippen molar-refractivity contribution >= 4 is 11.7 Å². The Morgan fingerprint density at radius 2 is 1.78 bits per heavy atom. The Hall–Kier alpha value is -3.74. The van der Waals surface area contributed by atoms with Crippen LogP contribution in [0.4, 0.5) is 0 Å². The summed E-state index contributed by atoms with van der Waals surface area (Å²) in [4.78, 5) is 36.3. The Balaban J connectivity index is 1.50. The number of methoxy groups -OCH3 is 2. The normalized spacial score (nSPS) is 15.8. The molecule has 1 aliphatic heterocycles. The van der Waals surface area contributed by atoms with Crippen LogP contribution in [-0.4, -0.2) is 53.9 Å². The van der Waals surface area contributed by atoms with Crippen molar-refractivity contribution in [1.82, 2.24) is 14.9 Å². The number of nitrogens with zero attached hydrogens (tertiary/aromatic N) is 3. The molecule has 164 valence electrons. The Kier molecular flexibility index (Phi) is 6.44. The molecule has 1 atom stereocenters. The van der Waals surface area contributed by atoms with Gasteiger partial charge < -0.3 is 14.4 Å². The van der Waals surface area contributed by atoms with Crippen molar-refractivity contribution < 1.29 is 19.1 Å². The van der Waals surface area contributed by atoms with E-state index in [1.807, 2.05) is 11.0 Å². The van der Waals surface area contributed by atoms with Gasteiger partial charge in [-0.15, -0.1) is 0 Å². The molecule has 1 saturated heterocycles. The maximum atomic E-state index is 13.1. The third-order valence-corrected chi connectivity index (χ3v) is 5.78. The Morgan fingerprint density at radius 3 is 2.47 bits per heavy atom. The zero-order chi connectivity index (χ0) is 22.5. The van der Waals surface area contributed by atoms with Crippen LogP contribution < -0.4 is 9.47 Å². The minimum absolute atomic E-state index is 0.0401. The van der Waals surface area contributed by atoms with Crippen LogP contribution >= 0.6 is 0 Å². The van der Waals surface area contributed by atoms with Crippen LogP contribution in [0.25, 0.3) is 0 Å². The van der Waals surface area contributed by atoms with Crippen molar-refractivity contribution in [2.24, 2.45) is 0 Å². The number of carbonyl (C=O) groups is 2. The first-order valence-electron chi connectivity index (χ1n) is 10.5. The highest BCUT2D eigenvalue weighted by atomic mass is 16.5. The van der Waals surface area contributed by atoms with Crippen molar-refractivity contribution in [2.75, 3.05) is 27.3 Å². The lowest BCUT2D eigenvalue weighted by Crippen LogP contribution is -2.39. The second-order valence-corrected chi connectivity index (χ2v) is 7.70. The van der Waals surface area contributed by atoms with E-state index in [2.05, 4.69) is 9.97 Å². The molecule has 7 heteroatoms. The average Bonchev–Trinajstić information content (AvgIpc) is 2.88. The molecule has 1 fully saturated rings. The van der Waals surface area contributed by atoms with Crippen LogP contribution in [0.3, 0.4) is 0 Å². The highest BCUT2D eigenvalue weighted by Gasteiger charge is 2.26. The van der Waals surface area contributed by atoms with E-state index in [1.165, 1.54) is 7.11 Å². The molecule has 1 amide bonds. The predicted octanol–water partition coefficient (Wildman–Crippen LogP) is 3.74. The molecule has 2 aromatic carbocycles. The number of carbonyl (C=O) groups excluding carboxylic acids is 2. The van der Waals surface area contributed by atoms with Gasteiger partial charge in [0.2, 0.25) is 0 Å². The molecule has 3 aromatic rings. The van der Waals surface area contributed by atoms with E-state index >= 15 is 0 Å². The van der Waals surface area contributed by atoms with Crippen molar-refractivity contribution in [3.05, 3.63) is 83.4 Å². The van der Waals surface area contributed by atoms with Crippen LogP contribution in [0.2, 0.25) is 0 Å². The van der Waals surface area contributed by atoms with Crippen molar-refractivity contribution in [2.45, 2.75) is 18.8 Å². The summed E-state index contributed by atoms with van der Waals surface area (Å²) in [7, 11) is 3.07. The molecule has 0 saturated carbocycles. The molecule has 1 aliphatic rings. The second-order valence-electron chi connectivity index (χ2n) is 7.70. The highest BCUT2D eigenvalue weighted by Crippen LogP contribution is 2.28. The highest BCUT2D eigenvalue weighted by molar-refractivity contribution is 6.11. The summed E-state index contributed by atoms with van der Waals surface area (Å²) in [5, 5.41) is 0. The maximum Gasteiger partial charge on any atom is 0.253 e. The number of rotatable bonds is 6. The van der Waals surface area contributed by atoms with Crippen molar-refractivity contribution in [3.63, 3.8) is 0 Å². The van der Waals surface area contributed by atoms with Crippen LogP contribution in [0.15, 0.2) is 61.1 Å². The SMILES string of the molecule is COc1ccc(OC)c(C(=O)c2ccc(C(=O)N3CCC[C@H](c4ccncn4)C3)cc2)c1. The van der Waals surface area contributed by atoms with Gasteiger partial charge in [-0.05, 0) is 49.2 Å². The lowest BCUT2D eigenvalue weighted by atomic mass is 9.94. The summed E-state index contributed by atoms with van der Waals surface area (Å²) in [5.41, 5.74) is 2.41. The number of hydrogen-bond acceptors (Lipinski definition) is 6. The molecule has 0 unspecified atom stereocenters. The first-order valence-corrected chi connectivity index (χ1v) is 10.5. The van der Waals surface area contributed by atoms with Gasteiger partial charge in [-0.2, -0.15) is 0 Å². The standard InChI is InChI=1S/C25H25N3O4/c1-31-20-9-10-23(32-2)21(14-20)24(29)17-5-7-18(8-6-17)25(30)28-13-3-4-19(15-28)22-11-12-26-16-27-22/h5-12,14,16,19H,3-4,13,15H2,1-2H3/t19-/m0/s1. The first-order chi connectivity index (χ1) is 15.6. The van der Waals surface area contributed by atoms with E-state index in [-0.39, 0.29) is 17.6 Å². The van der Waals surface area contributed by atoms with Gasteiger partial charge in [-0.3, -0.25) is 9.59 Å². The number of ketones is 1. The summed E-state index contributed by atoms with van der Waals surface area (Å²) in [5.74, 6) is 1.02. The van der Waals surface area contributed by atoms with Crippen LogP contribution in [0, 0.1) is 0 Å². The van der Waals surface area contributed by atoms with Gasteiger partial charge in [0.05, 0.1) is 19.8 Å². The van der Waals surface area contributed by atoms with E-state index in [0.717, 1.165) is 18.5 Å². The van der Waals surface area contributed by atoms with Gasteiger partial charge in [0, 0.05) is 42.0 Å². The van der Waals surface area contributed by atoms with Crippen LogP contribution in [0.5, 0.6) is 11.5 Å². The third kappa shape index (κ3) is 4.46. The van der Waals surface area contributed by atoms with Gasteiger partial charge in [0.15, 0.2) is 5.78 Å². The summed E-state index contributed by atoms with van der Waals surface area (Å²) >= 11 is 0. The predicted molar refractivity (Wildman–Crippen MR) is 119 cm³/mol. The summed E-state index contributed by atoms with van der Waals surface area (Å²) < 4.78 is 10.6. The number of piperidine rings is 1. The Labute approximate surface area is 187 Å². The van der Waals surface area contributed by atoms with Crippen LogP contribution in [0.1, 0.15) is 50.7 Å². The Bertz CT molecular complexity index is 1100. The van der Waals surface area contributed by atoms with Gasteiger partial charge in [-0.1, -0.05) is 12.1 Å². The summed E-state index contributed by atoms with van der Waals surface area (Å²) in [6.07, 6.45) is 5.20. The van der Waals surface area contributed by atoms with E-state index in [4.69, 9.17) is 9.47 Å². The third-order valence-electron chi connectivity index (χ3n) is 5.78. The number of likely N-dealkylation sites (tertiary alicyclic amines) is 1. The smallest absolute Gasteiger partial charge is 0.253 e. The van der Waals surface area contributed by atoms with Gasteiger partial charge in [0.25, 0.3) is 5.91 Å². The molecule has 0 spiro atoms. The zero-order valence-corrected chi connectivity index (χ0v) is 18.2.